The Morgan fingerprint density at radius 3 is 2.80 bits per heavy atom. The largest absolute Gasteiger partial charge is 0.417 e. The molecule has 1 atom stereocenters. The first-order valence-electron chi connectivity index (χ1n) is 7.80. The number of anilines is 2. The number of aromatic nitrogens is 2. The van der Waals surface area contributed by atoms with Crippen LogP contribution in [0.15, 0.2) is 30.5 Å². The van der Waals surface area contributed by atoms with Gasteiger partial charge >= 0.3 is 6.18 Å². The zero-order chi connectivity index (χ0) is 18.0. The van der Waals surface area contributed by atoms with E-state index in [-0.39, 0.29) is 11.6 Å². The van der Waals surface area contributed by atoms with E-state index in [9.17, 15) is 18.4 Å². The van der Waals surface area contributed by atoms with E-state index >= 15 is 0 Å². The SMILES string of the molecule is Cc1ccnc(NC2CCN(c3cccc(C(F)(F)F)c3C#N)C2)n1. The molecule has 130 valence electrons. The lowest BCUT2D eigenvalue weighted by Crippen LogP contribution is -2.27. The van der Waals surface area contributed by atoms with Gasteiger partial charge in [0.1, 0.15) is 6.07 Å². The molecule has 0 saturated carbocycles. The molecule has 1 aliphatic rings. The Kier molecular flexibility index (Phi) is 4.49. The minimum atomic E-state index is -4.55. The molecule has 25 heavy (non-hydrogen) atoms. The lowest BCUT2D eigenvalue weighted by atomic mass is 10.1. The van der Waals surface area contributed by atoms with E-state index in [1.807, 2.05) is 6.92 Å². The highest BCUT2D eigenvalue weighted by atomic mass is 19.4. The van der Waals surface area contributed by atoms with Gasteiger partial charge in [-0.15, -0.1) is 0 Å². The molecule has 0 bridgehead atoms. The van der Waals surface area contributed by atoms with Gasteiger partial charge in [0.05, 0.1) is 16.8 Å². The number of halogens is 3. The minimum Gasteiger partial charge on any atom is -0.368 e. The molecule has 1 unspecified atom stereocenters. The molecule has 1 N–H and O–H groups in total. The van der Waals surface area contributed by atoms with Crippen LogP contribution < -0.4 is 10.2 Å². The van der Waals surface area contributed by atoms with Crippen molar-refractivity contribution in [2.45, 2.75) is 25.6 Å². The third-order valence-electron chi connectivity index (χ3n) is 4.12. The minimum absolute atomic E-state index is 0.00267. The Hall–Kier alpha value is -2.82. The van der Waals surface area contributed by atoms with E-state index in [0.29, 0.717) is 24.7 Å². The van der Waals surface area contributed by atoms with Gasteiger partial charge in [-0.05, 0) is 31.5 Å². The standard InChI is InChI=1S/C17H16F3N5/c1-11-5-7-22-16(23-11)24-12-6-8-25(10-12)15-4-2-3-14(13(15)9-21)17(18,19)20/h2-5,7,12H,6,8,10H2,1H3,(H,22,23,24). The van der Waals surface area contributed by atoms with E-state index in [1.54, 1.807) is 29.3 Å². The normalized spacial score (nSPS) is 17.4. The van der Waals surface area contributed by atoms with Gasteiger partial charge < -0.3 is 10.2 Å². The average molecular weight is 347 g/mol. The molecule has 0 aliphatic carbocycles. The molecule has 1 saturated heterocycles. The molecular weight excluding hydrogens is 331 g/mol. The lowest BCUT2D eigenvalue weighted by molar-refractivity contribution is -0.137. The van der Waals surface area contributed by atoms with Gasteiger partial charge in [0.15, 0.2) is 0 Å². The van der Waals surface area contributed by atoms with Crippen LogP contribution in [0, 0.1) is 18.3 Å². The summed E-state index contributed by atoms with van der Waals surface area (Å²) in [5.74, 6) is 0.497. The Balaban J connectivity index is 1.79. The van der Waals surface area contributed by atoms with Crippen LogP contribution in [0.4, 0.5) is 24.8 Å². The van der Waals surface area contributed by atoms with Crippen LogP contribution in [0.5, 0.6) is 0 Å². The lowest BCUT2D eigenvalue weighted by Gasteiger charge is -2.22. The first kappa shape index (κ1) is 17.0. The maximum atomic E-state index is 13.1. The average Bonchev–Trinajstić information content (AvgIpc) is 3.01. The Labute approximate surface area is 143 Å². The topological polar surface area (TPSA) is 64.8 Å². The molecule has 2 aromatic rings. The van der Waals surface area contributed by atoms with Gasteiger partial charge in [-0.2, -0.15) is 18.4 Å². The molecule has 1 fully saturated rings. The van der Waals surface area contributed by atoms with Gasteiger partial charge in [-0.1, -0.05) is 6.07 Å². The van der Waals surface area contributed by atoms with Crippen LogP contribution in [-0.2, 0) is 6.18 Å². The molecule has 8 heteroatoms. The Bertz CT molecular complexity index is 813. The van der Waals surface area contributed by atoms with E-state index in [0.717, 1.165) is 18.2 Å². The second-order valence-electron chi connectivity index (χ2n) is 5.91. The van der Waals surface area contributed by atoms with Crippen LogP contribution in [-0.4, -0.2) is 29.1 Å². The Morgan fingerprint density at radius 1 is 1.32 bits per heavy atom. The fourth-order valence-electron chi connectivity index (χ4n) is 2.96. The fourth-order valence-corrected chi connectivity index (χ4v) is 2.96. The molecule has 5 nitrogen and oxygen atoms in total. The number of hydrogen-bond acceptors (Lipinski definition) is 5. The van der Waals surface area contributed by atoms with Crippen molar-refractivity contribution < 1.29 is 13.2 Å². The van der Waals surface area contributed by atoms with Crippen molar-refractivity contribution in [3.05, 3.63) is 47.3 Å². The monoisotopic (exact) mass is 347 g/mol. The van der Waals surface area contributed by atoms with Crippen molar-refractivity contribution in [1.29, 1.82) is 5.26 Å². The molecule has 1 aliphatic heterocycles. The first-order valence-corrected chi connectivity index (χ1v) is 7.80. The van der Waals surface area contributed by atoms with Crippen molar-refractivity contribution in [3.8, 4) is 6.07 Å². The van der Waals surface area contributed by atoms with E-state index in [1.165, 1.54) is 6.07 Å². The highest BCUT2D eigenvalue weighted by Crippen LogP contribution is 2.36. The molecule has 2 heterocycles. The zero-order valence-corrected chi connectivity index (χ0v) is 13.5. The zero-order valence-electron chi connectivity index (χ0n) is 13.5. The molecular formula is C17H16F3N5. The maximum absolute atomic E-state index is 13.1. The summed E-state index contributed by atoms with van der Waals surface area (Å²) in [5.41, 5.74) is -0.0860. The van der Waals surface area contributed by atoms with Gasteiger partial charge in [-0.25, -0.2) is 9.97 Å². The summed E-state index contributed by atoms with van der Waals surface area (Å²) in [6, 6.07) is 7.33. The molecule has 0 radical (unpaired) electrons. The van der Waals surface area contributed by atoms with E-state index in [4.69, 9.17) is 0 Å². The van der Waals surface area contributed by atoms with Crippen LogP contribution in [0.3, 0.4) is 0 Å². The van der Waals surface area contributed by atoms with Crippen molar-refractivity contribution >= 4 is 11.6 Å². The van der Waals surface area contributed by atoms with Gasteiger partial charge in [0.25, 0.3) is 0 Å². The molecule has 1 aromatic heterocycles. The highest BCUT2D eigenvalue weighted by Gasteiger charge is 2.36. The molecule has 0 amide bonds. The molecule has 1 aromatic carbocycles. The van der Waals surface area contributed by atoms with Gasteiger partial charge in [-0.3, -0.25) is 0 Å². The summed E-state index contributed by atoms with van der Waals surface area (Å²) in [7, 11) is 0. The summed E-state index contributed by atoms with van der Waals surface area (Å²) in [5, 5.41) is 12.4. The summed E-state index contributed by atoms with van der Waals surface area (Å²) in [6.45, 7) is 2.89. The molecule has 3 rings (SSSR count). The number of nitrogens with one attached hydrogen (secondary N) is 1. The number of aryl methyl sites for hydroxylation is 1. The number of nitriles is 1. The van der Waals surface area contributed by atoms with Crippen LogP contribution in [0.1, 0.15) is 23.2 Å². The third kappa shape index (κ3) is 3.65. The van der Waals surface area contributed by atoms with Gasteiger partial charge in [0.2, 0.25) is 5.95 Å². The van der Waals surface area contributed by atoms with Crippen LogP contribution in [0.2, 0.25) is 0 Å². The second-order valence-corrected chi connectivity index (χ2v) is 5.91. The number of alkyl halides is 3. The van der Waals surface area contributed by atoms with E-state index in [2.05, 4.69) is 15.3 Å². The quantitative estimate of drug-likeness (QED) is 0.922. The summed E-state index contributed by atoms with van der Waals surface area (Å²) in [4.78, 5) is 10.2. The predicted molar refractivity (Wildman–Crippen MR) is 87.2 cm³/mol. The van der Waals surface area contributed by atoms with Crippen molar-refractivity contribution in [1.82, 2.24) is 9.97 Å². The number of rotatable bonds is 3. The fraction of sp³-hybridized carbons (Fsp3) is 0.353. The van der Waals surface area contributed by atoms with Gasteiger partial charge in [0, 0.05) is 31.0 Å². The maximum Gasteiger partial charge on any atom is 0.417 e. The Morgan fingerprint density at radius 2 is 2.12 bits per heavy atom. The van der Waals surface area contributed by atoms with E-state index < -0.39 is 11.7 Å². The molecule has 0 spiro atoms. The predicted octanol–water partition coefficient (Wildman–Crippen LogP) is 3.37. The van der Waals surface area contributed by atoms with Crippen LogP contribution in [0.25, 0.3) is 0 Å². The second kappa shape index (κ2) is 6.59. The van der Waals surface area contributed by atoms with Crippen molar-refractivity contribution in [2.75, 3.05) is 23.3 Å². The highest BCUT2D eigenvalue weighted by molar-refractivity contribution is 5.64. The number of hydrogen-bond donors (Lipinski definition) is 1. The smallest absolute Gasteiger partial charge is 0.368 e. The summed E-state index contributed by atoms with van der Waals surface area (Å²) >= 11 is 0. The van der Waals surface area contributed by atoms with Crippen molar-refractivity contribution in [2.24, 2.45) is 0 Å². The number of benzene rings is 1. The summed E-state index contributed by atoms with van der Waals surface area (Å²) in [6.07, 6.45) is -2.18. The number of nitrogens with zero attached hydrogens (tertiary/aromatic N) is 4. The third-order valence-corrected chi connectivity index (χ3v) is 4.12. The van der Waals surface area contributed by atoms with Crippen LogP contribution >= 0.6 is 0 Å². The van der Waals surface area contributed by atoms with Crippen molar-refractivity contribution in [3.63, 3.8) is 0 Å². The first-order chi connectivity index (χ1) is 11.9. The summed E-state index contributed by atoms with van der Waals surface area (Å²) < 4.78 is 39.3.